The molecule has 6 heteroatoms. The zero-order valence-electron chi connectivity index (χ0n) is 15.4. The number of nitrogens with one attached hydrogen (secondary N) is 1. The van der Waals surface area contributed by atoms with Gasteiger partial charge in [-0.3, -0.25) is 4.79 Å². The van der Waals surface area contributed by atoms with Crippen LogP contribution in [0.2, 0.25) is 0 Å². The summed E-state index contributed by atoms with van der Waals surface area (Å²) in [6.45, 7) is 2.05. The van der Waals surface area contributed by atoms with E-state index in [1.165, 1.54) is 0 Å². The number of anilines is 1. The van der Waals surface area contributed by atoms with Crippen molar-refractivity contribution < 1.29 is 4.79 Å². The Morgan fingerprint density at radius 3 is 2.61 bits per heavy atom. The first-order valence-corrected chi connectivity index (χ1v) is 10.8. The molecule has 0 saturated heterocycles. The summed E-state index contributed by atoms with van der Waals surface area (Å²) in [6.07, 6.45) is 6.02. The first-order chi connectivity index (χ1) is 13.5. The Balaban J connectivity index is 1.54. The average molecular weight is 452 g/mol. The zero-order valence-corrected chi connectivity index (χ0v) is 17.8. The van der Waals surface area contributed by atoms with Crippen LogP contribution in [0.5, 0.6) is 0 Å². The molecule has 0 aliphatic carbocycles. The summed E-state index contributed by atoms with van der Waals surface area (Å²) < 4.78 is 2.81. The number of aromatic nitrogens is 2. The van der Waals surface area contributed by atoms with Gasteiger partial charge in [-0.05, 0) is 71.1 Å². The molecule has 140 valence electrons. The van der Waals surface area contributed by atoms with Crippen molar-refractivity contribution in [3.8, 4) is 11.3 Å². The molecule has 0 bridgehead atoms. The highest BCUT2D eigenvalue weighted by Crippen LogP contribution is 2.26. The van der Waals surface area contributed by atoms with Crippen LogP contribution < -0.4 is 5.32 Å². The van der Waals surface area contributed by atoms with Crippen LogP contribution in [-0.4, -0.2) is 21.5 Å². The number of hydrogen-bond acceptors (Lipinski definition) is 3. The molecule has 4 rings (SSSR count). The third kappa shape index (κ3) is 3.70. The van der Waals surface area contributed by atoms with Crippen LogP contribution >= 0.6 is 27.7 Å². The van der Waals surface area contributed by atoms with Gasteiger partial charge in [-0.15, -0.1) is 11.8 Å². The molecule has 0 fully saturated rings. The van der Waals surface area contributed by atoms with Crippen molar-refractivity contribution in [2.24, 2.45) is 0 Å². The molecule has 28 heavy (non-hydrogen) atoms. The smallest absolute Gasteiger partial charge is 0.256 e. The van der Waals surface area contributed by atoms with Crippen LogP contribution in [0.25, 0.3) is 16.9 Å². The quantitative estimate of drug-likeness (QED) is 0.384. The standard InChI is InChI=1S/C22H18BrN3OS/c1-14-4-3-11-26-13-20(25-21(14)26)15-5-7-16(8-6-15)24-22(27)18-10-9-17(28-2)12-19(18)23/h3-13H,1-2H3,(H,24,27). The third-order valence-electron chi connectivity index (χ3n) is 4.54. The van der Waals surface area contributed by atoms with E-state index in [1.807, 2.05) is 71.6 Å². The van der Waals surface area contributed by atoms with Gasteiger partial charge in [-0.25, -0.2) is 4.98 Å². The Bertz CT molecular complexity index is 1170. The summed E-state index contributed by atoms with van der Waals surface area (Å²) >= 11 is 5.12. The van der Waals surface area contributed by atoms with Gasteiger partial charge >= 0.3 is 0 Å². The number of carbonyl (C=O) groups excluding carboxylic acids is 1. The van der Waals surface area contributed by atoms with E-state index in [1.54, 1.807) is 11.8 Å². The number of fused-ring (bicyclic) bond motifs is 1. The molecular weight excluding hydrogens is 434 g/mol. The number of nitrogens with zero attached hydrogens (tertiary/aromatic N) is 2. The highest BCUT2D eigenvalue weighted by molar-refractivity contribution is 9.10. The van der Waals surface area contributed by atoms with Crippen LogP contribution in [-0.2, 0) is 0 Å². The van der Waals surface area contributed by atoms with Crippen molar-refractivity contribution in [1.82, 2.24) is 9.38 Å². The van der Waals surface area contributed by atoms with Crippen molar-refractivity contribution in [3.05, 3.63) is 82.6 Å². The number of amides is 1. The predicted octanol–water partition coefficient (Wildman–Crippen LogP) is 6.05. The van der Waals surface area contributed by atoms with Gasteiger partial charge in [0, 0.05) is 33.0 Å². The van der Waals surface area contributed by atoms with Crippen LogP contribution in [0.15, 0.2) is 76.4 Å². The summed E-state index contributed by atoms with van der Waals surface area (Å²) in [5.41, 5.74) is 5.35. The fourth-order valence-corrected chi connectivity index (χ4v) is 4.17. The van der Waals surface area contributed by atoms with Gasteiger partial charge in [0.25, 0.3) is 5.91 Å². The number of carbonyl (C=O) groups is 1. The maximum Gasteiger partial charge on any atom is 0.256 e. The van der Waals surface area contributed by atoms with E-state index in [0.29, 0.717) is 5.56 Å². The van der Waals surface area contributed by atoms with Crippen molar-refractivity contribution in [3.63, 3.8) is 0 Å². The van der Waals surface area contributed by atoms with Crippen molar-refractivity contribution >= 4 is 44.9 Å². The van der Waals surface area contributed by atoms with E-state index >= 15 is 0 Å². The van der Waals surface area contributed by atoms with Gasteiger partial charge in [0.2, 0.25) is 0 Å². The number of rotatable bonds is 4. The minimum absolute atomic E-state index is 0.143. The average Bonchev–Trinajstić information content (AvgIpc) is 3.14. The van der Waals surface area contributed by atoms with Crippen LogP contribution in [0.3, 0.4) is 0 Å². The second kappa shape index (κ2) is 7.81. The monoisotopic (exact) mass is 451 g/mol. The highest BCUT2D eigenvalue weighted by Gasteiger charge is 2.12. The molecule has 0 spiro atoms. The Labute approximate surface area is 176 Å². The zero-order chi connectivity index (χ0) is 19.7. The number of thioether (sulfide) groups is 1. The number of imidazole rings is 1. The summed E-state index contributed by atoms with van der Waals surface area (Å²) in [5.74, 6) is -0.143. The van der Waals surface area contributed by atoms with Crippen LogP contribution in [0, 0.1) is 6.92 Å². The van der Waals surface area contributed by atoms with Crippen molar-refractivity contribution in [2.45, 2.75) is 11.8 Å². The van der Waals surface area contributed by atoms with Crippen molar-refractivity contribution in [1.29, 1.82) is 0 Å². The molecule has 0 unspecified atom stereocenters. The van der Waals surface area contributed by atoms with Gasteiger partial charge in [0.05, 0.1) is 11.3 Å². The second-order valence-electron chi connectivity index (χ2n) is 6.43. The van der Waals surface area contributed by atoms with Gasteiger partial charge in [0.15, 0.2) is 0 Å². The molecule has 0 aliphatic heterocycles. The van der Waals surface area contributed by atoms with Crippen LogP contribution in [0.4, 0.5) is 5.69 Å². The summed E-state index contributed by atoms with van der Waals surface area (Å²) in [5, 5.41) is 2.95. The first-order valence-electron chi connectivity index (χ1n) is 8.75. The number of aryl methyl sites for hydroxylation is 1. The SMILES string of the molecule is CSc1ccc(C(=O)Nc2ccc(-c3cn4cccc(C)c4n3)cc2)c(Br)c1. The summed E-state index contributed by atoms with van der Waals surface area (Å²) in [7, 11) is 0. The van der Waals surface area contributed by atoms with E-state index in [2.05, 4.69) is 34.2 Å². The molecule has 0 atom stereocenters. The van der Waals surface area contributed by atoms with Gasteiger partial charge < -0.3 is 9.72 Å². The molecule has 0 aliphatic rings. The van der Waals surface area contributed by atoms with E-state index < -0.39 is 0 Å². The Morgan fingerprint density at radius 1 is 1.14 bits per heavy atom. The maximum atomic E-state index is 12.6. The van der Waals surface area contributed by atoms with Crippen molar-refractivity contribution in [2.75, 3.05) is 11.6 Å². The summed E-state index contributed by atoms with van der Waals surface area (Å²) in [6, 6.07) is 17.5. The molecule has 1 amide bonds. The molecule has 2 heterocycles. The summed E-state index contributed by atoms with van der Waals surface area (Å²) in [4.78, 5) is 18.4. The minimum Gasteiger partial charge on any atom is -0.322 e. The molecule has 2 aromatic heterocycles. The van der Waals surface area contributed by atoms with Gasteiger partial charge in [-0.2, -0.15) is 0 Å². The Kier molecular flexibility index (Phi) is 5.24. The first kappa shape index (κ1) is 18.8. The second-order valence-corrected chi connectivity index (χ2v) is 8.16. The number of pyridine rings is 1. The molecule has 4 nitrogen and oxygen atoms in total. The van der Waals surface area contributed by atoms with Gasteiger partial charge in [-0.1, -0.05) is 18.2 Å². The highest BCUT2D eigenvalue weighted by atomic mass is 79.9. The van der Waals surface area contributed by atoms with Crippen LogP contribution in [0.1, 0.15) is 15.9 Å². The lowest BCUT2D eigenvalue weighted by Gasteiger charge is -2.08. The molecule has 2 aromatic carbocycles. The minimum atomic E-state index is -0.143. The predicted molar refractivity (Wildman–Crippen MR) is 119 cm³/mol. The lowest BCUT2D eigenvalue weighted by atomic mass is 10.1. The third-order valence-corrected chi connectivity index (χ3v) is 5.92. The maximum absolute atomic E-state index is 12.6. The molecule has 0 radical (unpaired) electrons. The molecular formula is C22H18BrN3OS. The van der Waals surface area contributed by atoms with E-state index in [4.69, 9.17) is 4.98 Å². The topological polar surface area (TPSA) is 46.4 Å². The fraction of sp³-hybridized carbons (Fsp3) is 0.0909. The van der Waals surface area contributed by atoms with Gasteiger partial charge in [0.1, 0.15) is 5.65 Å². The molecule has 0 saturated carbocycles. The van der Waals surface area contributed by atoms with E-state index in [9.17, 15) is 4.79 Å². The lowest BCUT2D eigenvalue weighted by molar-refractivity contribution is 0.102. The van der Waals surface area contributed by atoms with E-state index in [-0.39, 0.29) is 5.91 Å². The number of benzene rings is 2. The normalized spacial score (nSPS) is 11.0. The number of halogens is 1. The van der Waals surface area contributed by atoms with E-state index in [0.717, 1.165) is 37.5 Å². The molecule has 1 N–H and O–H groups in total. The molecule has 4 aromatic rings. The lowest BCUT2D eigenvalue weighted by Crippen LogP contribution is -2.12. The Hall–Kier alpha value is -2.57. The largest absolute Gasteiger partial charge is 0.322 e. The number of hydrogen-bond donors (Lipinski definition) is 1. The Morgan fingerprint density at radius 2 is 1.93 bits per heavy atom. The fourth-order valence-electron chi connectivity index (χ4n) is 3.02.